The Balaban J connectivity index is 2.29. The number of nitrogens with zero attached hydrogens (tertiary/aromatic N) is 4. The highest BCUT2D eigenvalue weighted by Gasteiger charge is 2.21. The standard InChI is InChI=1S/C22H26N4O6/c1-3-5-21(27)23(17-7-11-19(12-8-17)25(29)30)15-16-24(22(28)6-4-2)18-9-13-20(14-10-18)26(31)32/h7-14H,3-6,15-16H2,1-2H3. The van der Waals surface area contributed by atoms with E-state index in [-0.39, 0.29) is 49.1 Å². The fourth-order valence-electron chi connectivity index (χ4n) is 3.20. The van der Waals surface area contributed by atoms with E-state index >= 15 is 0 Å². The molecule has 0 saturated heterocycles. The van der Waals surface area contributed by atoms with E-state index in [0.717, 1.165) is 0 Å². The maximum Gasteiger partial charge on any atom is 0.269 e. The smallest absolute Gasteiger partial charge is 0.269 e. The minimum Gasteiger partial charge on any atom is -0.311 e. The molecule has 10 heteroatoms. The molecule has 0 spiro atoms. The number of carbonyl (C=O) groups is 2. The van der Waals surface area contributed by atoms with Crippen molar-refractivity contribution >= 4 is 34.6 Å². The van der Waals surface area contributed by atoms with Crippen molar-refractivity contribution in [2.45, 2.75) is 39.5 Å². The quantitative estimate of drug-likeness (QED) is 0.373. The first kappa shape index (κ1) is 24.4. The van der Waals surface area contributed by atoms with Crippen LogP contribution in [-0.2, 0) is 9.59 Å². The number of rotatable bonds is 11. The number of carbonyl (C=O) groups excluding carboxylic acids is 2. The lowest BCUT2D eigenvalue weighted by Crippen LogP contribution is -2.41. The Morgan fingerprint density at radius 3 is 1.25 bits per heavy atom. The largest absolute Gasteiger partial charge is 0.311 e. The molecular weight excluding hydrogens is 416 g/mol. The van der Waals surface area contributed by atoms with E-state index in [1.165, 1.54) is 58.3 Å². The predicted molar refractivity (Wildman–Crippen MR) is 121 cm³/mol. The summed E-state index contributed by atoms with van der Waals surface area (Å²) in [5.74, 6) is -0.319. The predicted octanol–water partition coefficient (Wildman–Crippen LogP) is 4.47. The summed E-state index contributed by atoms with van der Waals surface area (Å²) in [4.78, 5) is 49.3. The van der Waals surface area contributed by atoms with Gasteiger partial charge in [-0.3, -0.25) is 29.8 Å². The molecule has 32 heavy (non-hydrogen) atoms. The molecule has 0 aliphatic heterocycles. The summed E-state index contributed by atoms with van der Waals surface area (Å²) in [6.45, 7) is 4.09. The molecule has 0 aliphatic rings. The second kappa shape index (κ2) is 11.5. The Bertz CT molecular complexity index is 880. The van der Waals surface area contributed by atoms with Gasteiger partial charge in [-0.2, -0.15) is 0 Å². The van der Waals surface area contributed by atoms with Crippen LogP contribution in [0.15, 0.2) is 48.5 Å². The average molecular weight is 442 g/mol. The number of hydrogen-bond donors (Lipinski definition) is 0. The monoisotopic (exact) mass is 442 g/mol. The Morgan fingerprint density at radius 2 is 1.00 bits per heavy atom. The Morgan fingerprint density at radius 1 is 0.688 bits per heavy atom. The molecular formula is C22H26N4O6. The zero-order chi connectivity index (χ0) is 23.7. The van der Waals surface area contributed by atoms with Gasteiger partial charge in [0, 0.05) is 61.6 Å². The topological polar surface area (TPSA) is 127 Å². The third-order valence-corrected chi connectivity index (χ3v) is 4.82. The van der Waals surface area contributed by atoms with Crippen LogP contribution in [0.3, 0.4) is 0 Å². The van der Waals surface area contributed by atoms with Crippen molar-refractivity contribution in [2.24, 2.45) is 0 Å². The first-order valence-corrected chi connectivity index (χ1v) is 10.4. The van der Waals surface area contributed by atoms with Gasteiger partial charge in [-0.1, -0.05) is 13.8 Å². The van der Waals surface area contributed by atoms with Gasteiger partial charge >= 0.3 is 0 Å². The lowest BCUT2D eigenvalue weighted by atomic mass is 10.2. The van der Waals surface area contributed by atoms with E-state index in [2.05, 4.69) is 0 Å². The fourth-order valence-corrected chi connectivity index (χ4v) is 3.20. The summed E-state index contributed by atoms with van der Waals surface area (Å²) in [5.41, 5.74) is 0.839. The number of nitro benzene ring substituents is 2. The maximum absolute atomic E-state index is 12.7. The summed E-state index contributed by atoms with van der Waals surface area (Å²) >= 11 is 0. The van der Waals surface area contributed by atoms with Crippen LogP contribution in [0.5, 0.6) is 0 Å². The summed E-state index contributed by atoms with van der Waals surface area (Å²) in [6.07, 6.45) is 1.83. The molecule has 2 amide bonds. The second-order valence-electron chi connectivity index (χ2n) is 7.14. The molecule has 0 aliphatic carbocycles. The molecule has 0 N–H and O–H groups in total. The third kappa shape index (κ3) is 6.34. The molecule has 0 aromatic heterocycles. The van der Waals surface area contributed by atoms with Gasteiger partial charge in [0.25, 0.3) is 11.4 Å². The molecule has 0 bridgehead atoms. The molecule has 2 aromatic rings. The van der Waals surface area contributed by atoms with Crippen molar-refractivity contribution in [3.05, 3.63) is 68.8 Å². The van der Waals surface area contributed by atoms with E-state index in [0.29, 0.717) is 24.2 Å². The van der Waals surface area contributed by atoms with Crippen LogP contribution in [0.4, 0.5) is 22.7 Å². The van der Waals surface area contributed by atoms with E-state index < -0.39 is 9.85 Å². The van der Waals surface area contributed by atoms with E-state index in [1.54, 1.807) is 0 Å². The molecule has 0 fully saturated rings. The van der Waals surface area contributed by atoms with E-state index in [4.69, 9.17) is 0 Å². The number of hydrogen-bond acceptors (Lipinski definition) is 6. The highest BCUT2D eigenvalue weighted by atomic mass is 16.6. The molecule has 0 unspecified atom stereocenters. The van der Waals surface area contributed by atoms with Gasteiger partial charge in [-0.05, 0) is 37.1 Å². The van der Waals surface area contributed by atoms with Gasteiger partial charge in [0.1, 0.15) is 0 Å². The normalized spacial score (nSPS) is 10.4. The summed E-state index contributed by atoms with van der Waals surface area (Å²) in [5, 5.41) is 21.9. The van der Waals surface area contributed by atoms with Gasteiger partial charge in [0.15, 0.2) is 0 Å². The lowest BCUT2D eigenvalue weighted by Gasteiger charge is -2.28. The molecule has 2 rings (SSSR count). The highest BCUT2D eigenvalue weighted by Crippen LogP contribution is 2.23. The zero-order valence-corrected chi connectivity index (χ0v) is 18.1. The number of nitro groups is 2. The highest BCUT2D eigenvalue weighted by molar-refractivity contribution is 5.95. The van der Waals surface area contributed by atoms with Crippen LogP contribution >= 0.6 is 0 Å². The fraction of sp³-hybridized carbons (Fsp3) is 0.364. The van der Waals surface area contributed by atoms with E-state index in [1.807, 2.05) is 13.8 Å². The van der Waals surface area contributed by atoms with Crippen LogP contribution in [0.2, 0.25) is 0 Å². The second-order valence-corrected chi connectivity index (χ2v) is 7.14. The maximum atomic E-state index is 12.7. The molecule has 2 aromatic carbocycles. The number of benzene rings is 2. The number of anilines is 2. The molecule has 0 radical (unpaired) electrons. The minimum atomic E-state index is -0.512. The number of non-ortho nitro benzene ring substituents is 2. The van der Waals surface area contributed by atoms with E-state index in [9.17, 15) is 29.8 Å². The first-order valence-electron chi connectivity index (χ1n) is 10.4. The van der Waals surface area contributed by atoms with Crippen molar-refractivity contribution in [2.75, 3.05) is 22.9 Å². The van der Waals surface area contributed by atoms with Gasteiger partial charge in [0.05, 0.1) is 9.85 Å². The van der Waals surface area contributed by atoms with Gasteiger partial charge in [0.2, 0.25) is 11.8 Å². The van der Waals surface area contributed by atoms with Crippen molar-refractivity contribution in [3.8, 4) is 0 Å². The SMILES string of the molecule is CCCC(=O)N(CCN(C(=O)CCC)c1ccc([N+](=O)[O-])cc1)c1ccc([N+](=O)[O-])cc1. The average Bonchev–Trinajstić information content (AvgIpc) is 2.77. The third-order valence-electron chi connectivity index (χ3n) is 4.82. The minimum absolute atomic E-state index is 0.0812. The molecule has 0 atom stereocenters. The van der Waals surface area contributed by atoms with Crippen LogP contribution in [0.1, 0.15) is 39.5 Å². The van der Waals surface area contributed by atoms with Crippen molar-refractivity contribution < 1.29 is 19.4 Å². The zero-order valence-electron chi connectivity index (χ0n) is 18.1. The van der Waals surface area contributed by atoms with Crippen LogP contribution in [0.25, 0.3) is 0 Å². The summed E-state index contributed by atoms with van der Waals surface area (Å²) in [6, 6.07) is 11.4. The molecule has 170 valence electrons. The van der Waals surface area contributed by atoms with Crippen LogP contribution < -0.4 is 9.80 Å². The molecule has 10 nitrogen and oxygen atoms in total. The van der Waals surface area contributed by atoms with Gasteiger partial charge in [-0.25, -0.2) is 0 Å². The molecule has 0 saturated carbocycles. The van der Waals surface area contributed by atoms with Gasteiger partial charge < -0.3 is 9.80 Å². The van der Waals surface area contributed by atoms with Crippen LogP contribution in [-0.4, -0.2) is 34.8 Å². The summed E-state index contributed by atoms with van der Waals surface area (Å²) < 4.78 is 0. The summed E-state index contributed by atoms with van der Waals surface area (Å²) in [7, 11) is 0. The first-order chi connectivity index (χ1) is 15.3. The Labute approximate surface area is 185 Å². The Kier molecular flexibility index (Phi) is 8.82. The van der Waals surface area contributed by atoms with Crippen molar-refractivity contribution in [3.63, 3.8) is 0 Å². The van der Waals surface area contributed by atoms with Crippen LogP contribution in [0, 0.1) is 20.2 Å². The van der Waals surface area contributed by atoms with Gasteiger partial charge in [-0.15, -0.1) is 0 Å². The Hall–Kier alpha value is -3.82. The van der Waals surface area contributed by atoms with Crippen molar-refractivity contribution in [1.82, 2.24) is 0 Å². The number of amides is 2. The van der Waals surface area contributed by atoms with Crippen molar-refractivity contribution in [1.29, 1.82) is 0 Å². The molecule has 0 heterocycles. The lowest BCUT2D eigenvalue weighted by molar-refractivity contribution is -0.385.